The zero-order valence-corrected chi connectivity index (χ0v) is 13.1. The monoisotopic (exact) mass is 310 g/mol. The quantitative estimate of drug-likeness (QED) is 0.906. The predicted molar refractivity (Wildman–Crippen MR) is 84.3 cm³/mol. The number of hydrogen-bond acceptors (Lipinski definition) is 4. The molecule has 0 amide bonds. The van der Waals surface area contributed by atoms with E-state index >= 15 is 0 Å². The number of methoxy groups -OCH3 is 1. The largest absolute Gasteiger partial charge is 0.380 e. The van der Waals surface area contributed by atoms with Gasteiger partial charge in [0.25, 0.3) is 0 Å². The lowest BCUT2D eigenvalue weighted by Gasteiger charge is -2.33. The number of benzene rings is 1. The van der Waals surface area contributed by atoms with E-state index in [-0.39, 0.29) is 11.4 Å². The van der Waals surface area contributed by atoms with Crippen LogP contribution in [0.3, 0.4) is 0 Å². The van der Waals surface area contributed by atoms with E-state index in [4.69, 9.17) is 4.74 Å². The molecule has 21 heavy (non-hydrogen) atoms. The van der Waals surface area contributed by atoms with Gasteiger partial charge in [0.1, 0.15) is 0 Å². The van der Waals surface area contributed by atoms with E-state index in [1.54, 1.807) is 7.11 Å². The van der Waals surface area contributed by atoms with Crippen molar-refractivity contribution in [1.29, 1.82) is 0 Å². The van der Waals surface area contributed by atoms with Gasteiger partial charge >= 0.3 is 0 Å². The number of rotatable bonds is 5. The summed E-state index contributed by atoms with van der Waals surface area (Å²) in [5, 5.41) is -0.193. The Morgan fingerprint density at radius 2 is 1.90 bits per heavy atom. The molecule has 1 aliphatic heterocycles. The van der Waals surface area contributed by atoms with Crippen molar-refractivity contribution >= 4 is 21.4 Å². The molecule has 1 N–H and O–H groups in total. The van der Waals surface area contributed by atoms with E-state index in [0.29, 0.717) is 5.69 Å². The van der Waals surface area contributed by atoms with Crippen LogP contribution in [0, 0.1) is 0 Å². The second-order valence-corrected chi connectivity index (χ2v) is 7.80. The van der Waals surface area contributed by atoms with Crippen molar-refractivity contribution in [3.8, 4) is 0 Å². The number of piperidine rings is 1. The molecule has 1 heterocycles. The minimum Gasteiger partial charge on any atom is -0.380 e. The van der Waals surface area contributed by atoms with E-state index in [1.165, 1.54) is 0 Å². The summed E-state index contributed by atoms with van der Waals surface area (Å²) in [5.74, 6) is 0. The Kier molecular flexibility index (Phi) is 4.08. The first kappa shape index (κ1) is 14.7. The third-order valence-electron chi connectivity index (χ3n) is 4.17. The summed E-state index contributed by atoms with van der Waals surface area (Å²) >= 11 is 0. The van der Waals surface area contributed by atoms with Gasteiger partial charge in [-0.15, -0.1) is 0 Å². The average Bonchev–Trinajstić information content (AvgIpc) is 3.33. The van der Waals surface area contributed by atoms with Gasteiger partial charge in [-0.2, -0.15) is 0 Å². The van der Waals surface area contributed by atoms with E-state index in [2.05, 4.69) is 9.62 Å². The van der Waals surface area contributed by atoms with Gasteiger partial charge in [-0.25, -0.2) is 8.42 Å². The van der Waals surface area contributed by atoms with Gasteiger partial charge in [-0.3, -0.25) is 4.72 Å². The fourth-order valence-electron chi connectivity index (χ4n) is 2.73. The van der Waals surface area contributed by atoms with Crippen LogP contribution in [0.15, 0.2) is 24.3 Å². The molecule has 116 valence electrons. The molecule has 6 heteroatoms. The molecule has 1 saturated carbocycles. The van der Waals surface area contributed by atoms with Crippen molar-refractivity contribution in [2.45, 2.75) is 37.0 Å². The van der Waals surface area contributed by atoms with Crippen molar-refractivity contribution < 1.29 is 13.2 Å². The van der Waals surface area contributed by atoms with Gasteiger partial charge in [0.05, 0.1) is 11.4 Å². The minimum absolute atomic E-state index is 0.193. The maximum absolute atomic E-state index is 11.9. The highest BCUT2D eigenvalue weighted by Gasteiger charge is 2.35. The van der Waals surface area contributed by atoms with Crippen LogP contribution < -0.4 is 9.62 Å². The van der Waals surface area contributed by atoms with Crippen LogP contribution >= 0.6 is 0 Å². The zero-order chi connectivity index (χ0) is 14.9. The highest BCUT2D eigenvalue weighted by molar-refractivity contribution is 7.93. The van der Waals surface area contributed by atoms with Crippen molar-refractivity contribution in [1.82, 2.24) is 0 Å². The van der Waals surface area contributed by atoms with E-state index in [0.717, 1.165) is 44.5 Å². The number of anilines is 2. The molecule has 3 rings (SSSR count). The Morgan fingerprint density at radius 3 is 2.52 bits per heavy atom. The highest BCUT2D eigenvalue weighted by atomic mass is 32.2. The van der Waals surface area contributed by atoms with Crippen molar-refractivity contribution in [3.05, 3.63) is 24.3 Å². The van der Waals surface area contributed by atoms with Crippen LogP contribution in [0.2, 0.25) is 0 Å². The van der Waals surface area contributed by atoms with Gasteiger partial charge in [-0.05, 0) is 49.9 Å². The Balaban J connectivity index is 1.66. The third-order valence-corrected chi connectivity index (χ3v) is 6.04. The molecule has 2 fully saturated rings. The number of ether oxygens (including phenoxy) is 1. The predicted octanol–water partition coefficient (Wildman–Crippen LogP) is 2.21. The molecule has 1 aromatic rings. The molecular formula is C15H22N2O3S. The zero-order valence-electron chi connectivity index (χ0n) is 12.3. The summed E-state index contributed by atoms with van der Waals surface area (Å²) in [6.45, 7) is 1.91. The summed E-state index contributed by atoms with van der Waals surface area (Å²) in [6, 6.07) is 7.63. The van der Waals surface area contributed by atoms with Gasteiger partial charge in [0.2, 0.25) is 10.0 Å². The number of hydrogen-bond donors (Lipinski definition) is 1. The molecule has 0 radical (unpaired) electrons. The second kappa shape index (κ2) is 5.85. The number of nitrogens with zero attached hydrogens (tertiary/aromatic N) is 1. The first-order valence-corrected chi connectivity index (χ1v) is 9.02. The van der Waals surface area contributed by atoms with Gasteiger partial charge < -0.3 is 9.64 Å². The highest BCUT2D eigenvalue weighted by Crippen LogP contribution is 2.30. The van der Waals surface area contributed by atoms with Gasteiger partial charge in [0, 0.05) is 31.6 Å². The Morgan fingerprint density at radius 1 is 1.19 bits per heavy atom. The average molecular weight is 310 g/mol. The fourth-order valence-corrected chi connectivity index (χ4v) is 4.12. The molecule has 2 aliphatic rings. The van der Waals surface area contributed by atoms with Crippen LogP contribution in [0.1, 0.15) is 25.7 Å². The topological polar surface area (TPSA) is 58.6 Å². The fraction of sp³-hybridized carbons (Fsp3) is 0.600. The van der Waals surface area contributed by atoms with Crippen LogP contribution in [-0.4, -0.2) is 40.0 Å². The SMILES string of the molecule is CO[C@H]1CCCN(c2ccc(NS(=O)(=O)C3CC3)cc2)C1. The Labute approximate surface area is 126 Å². The molecule has 5 nitrogen and oxygen atoms in total. The van der Waals surface area contributed by atoms with Gasteiger partial charge in [0.15, 0.2) is 0 Å². The normalized spacial score (nSPS) is 23.1. The molecule has 1 aromatic carbocycles. The maximum Gasteiger partial charge on any atom is 0.235 e. The van der Waals surface area contributed by atoms with Crippen molar-refractivity contribution in [2.75, 3.05) is 29.8 Å². The number of nitrogens with one attached hydrogen (secondary N) is 1. The summed E-state index contributed by atoms with van der Waals surface area (Å²) in [5.41, 5.74) is 1.76. The lowest BCUT2D eigenvalue weighted by atomic mass is 10.1. The molecule has 0 aromatic heterocycles. The van der Waals surface area contributed by atoms with Crippen LogP contribution in [0.4, 0.5) is 11.4 Å². The summed E-state index contributed by atoms with van der Waals surface area (Å²) in [4.78, 5) is 2.29. The van der Waals surface area contributed by atoms with E-state index < -0.39 is 10.0 Å². The van der Waals surface area contributed by atoms with Crippen molar-refractivity contribution in [3.63, 3.8) is 0 Å². The van der Waals surface area contributed by atoms with Gasteiger partial charge in [-0.1, -0.05) is 0 Å². The van der Waals surface area contributed by atoms with E-state index in [9.17, 15) is 8.42 Å². The lowest BCUT2D eigenvalue weighted by Crippen LogP contribution is -2.39. The molecule has 1 saturated heterocycles. The molecule has 1 aliphatic carbocycles. The second-order valence-electron chi connectivity index (χ2n) is 5.84. The third kappa shape index (κ3) is 3.49. The smallest absolute Gasteiger partial charge is 0.235 e. The Hall–Kier alpha value is -1.27. The molecule has 1 atom stereocenters. The summed E-state index contributed by atoms with van der Waals surface area (Å²) in [6.07, 6.45) is 4.06. The van der Waals surface area contributed by atoms with Crippen LogP contribution in [-0.2, 0) is 14.8 Å². The van der Waals surface area contributed by atoms with E-state index in [1.807, 2.05) is 24.3 Å². The maximum atomic E-state index is 11.9. The van der Waals surface area contributed by atoms with Crippen LogP contribution in [0.5, 0.6) is 0 Å². The standard InChI is InChI=1S/C15H22N2O3S/c1-20-14-3-2-10-17(11-14)13-6-4-12(5-7-13)16-21(18,19)15-8-9-15/h4-7,14-16H,2-3,8-11H2,1H3/t14-/m0/s1. The molecule has 0 bridgehead atoms. The molecule has 0 unspecified atom stereocenters. The first-order chi connectivity index (χ1) is 10.1. The first-order valence-electron chi connectivity index (χ1n) is 7.48. The number of sulfonamides is 1. The minimum atomic E-state index is -3.17. The molecule has 0 spiro atoms. The Bertz CT molecular complexity index is 581. The summed E-state index contributed by atoms with van der Waals surface area (Å²) in [7, 11) is -1.42. The lowest BCUT2D eigenvalue weighted by molar-refractivity contribution is 0.0893. The summed E-state index contributed by atoms with van der Waals surface area (Å²) < 4.78 is 31.9. The molecular weight excluding hydrogens is 288 g/mol. The van der Waals surface area contributed by atoms with Crippen molar-refractivity contribution in [2.24, 2.45) is 0 Å². The van der Waals surface area contributed by atoms with Crippen LogP contribution in [0.25, 0.3) is 0 Å².